The summed E-state index contributed by atoms with van der Waals surface area (Å²) in [6.07, 6.45) is 10.1. The van der Waals surface area contributed by atoms with Gasteiger partial charge in [-0.25, -0.2) is 0 Å². The van der Waals surface area contributed by atoms with Crippen molar-refractivity contribution in [2.45, 2.75) is 22.6 Å². The lowest BCUT2D eigenvalue weighted by molar-refractivity contribution is 0.398. The quantitative estimate of drug-likeness (QED) is 0.826. The number of anilines is 1. The van der Waals surface area contributed by atoms with E-state index in [1.807, 2.05) is 17.8 Å². The first-order valence-electron chi connectivity index (χ1n) is 7.38. The molecular weight excluding hydrogens is 300 g/mol. The lowest BCUT2D eigenvalue weighted by Gasteiger charge is -2.42. The molecule has 0 bridgehead atoms. The van der Waals surface area contributed by atoms with Gasteiger partial charge < -0.3 is 9.80 Å². The highest BCUT2D eigenvalue weighted by molar-refractivity contribution is 8.00. The van der Waals surface area contributed by atoms with Crippen LogP contribution in [0.1, 0.15) is 6.42 Å². The summed E-state index contributed by atoms with van der Waals surface area (Å²) in [7, 11) is 4.26. The standard InChI is InChI=1S/C17H21ClN2S/c1-19(2)10-5-11-20-14-6-3-4-7-16(14)21-17-9-8-13(18)12-15(17)20/h3-4,6-9,12,14,16H,5,10-11H2,1-2H3/t14-,16-/m1/s1. The van der Waals surface area contributed by atoms with E-state index in [1.165, 1.54) is 10.6 Å². The molecule has 2 nitrogen and oxygen atoms in total. The zero-order valence-electron chi connectivity index (χ0n) is 12.5. The van der Waals surface area contributed by atoms with Crippen LogP contribution >= 0.6 is 23.4 Å². The summed E-state index contributed by atoms with van der Waals surface area (Å²) in [5.74, 6) is 0. The average molecular weight is 321 g/mol. The number of nitrogens with zero attached hydrogens (tertiary/aromatic N) is 2. The molecule has 1 heterocycles. The number of halogens is 1. The number of allylic oxidation sites excluding steroid dienone is 2. The molecule has 1 aromatic carbocycles. The third-order valence-electron chi connectivity index (χ3n) is 3.91. The van der Waals surface area contributed by atoms with Crippen molar-refractivity contribution in [2.75, 3.05) is 32.1 Å². The molecule has 0 saturated carbocycles. The first-order chi connectivity index (χ1) is 10.1. The summed E-state index contributed by atoms with van der Waals surface area (Å²) in [5.41, 5.74) is 1.28. The third-order valence-corrected chi connectivity index (χ3v) is 5.46. The van der Waals surface area contributed by atoms with E-state index < -0.39 is 0 Å². The highest BCUT2D eigenvalue weighted by Crippen LogP contribution is 2.44. The summed E-state index contributed by atoms with van der Waals surface area (Å²) in [5, 5.41) is 1.32. The molecular formula is C17H21ClN2S. The first-order valence-corrected chi connectivity index (χ1v) is 8.63. The lowest BCUT2D eigenvalue weighted by atomic mass is 10.0. The van der Waals surface area contributed by atoms with Gasteiger partial charge in [-0.1, -0.05) is 35.9 Å². The Kier molecular flexibility index (Phi) is 4.63. The van der Waals surface area contributed by atoms with E-state index in [9.17, 15) is 0 Å². The van der Waals surface area contributed by atoms with Gasteiger partial charge in [-0.05, 0) is 45.3 Å². The van der Waals surface area contributed by atoms with Gasteiger partial charge in [0, 0.05) is 16.5 Å². The summed E-state index contributed by atoms with van der Waals surface area (Å²) in [6, 6.07) is 6.70. The molecule has 3 rings (SSSR count). The van der Waals surface area contributed by atoms with E-state index >= 15 is 0 Å². The monoisotopic (exact) mass is 320 g/mol. The molecule has 0 unspecified atom stereocenters. The van der Waals surface area contributed by atoms with Crippen molar-refractivity contribution in [3.05, 3.63) is 47.5 Å². The molecule has 1 aliphatic carbocycles. The van der Waals surface area contributed by atoms with E-state index in [2.05, 4.69) is 60.3 Å². The summed E-state index contributed by atoms with van der Waals surface area (Å²) >= 11 is 8.17. The fourth-order valence-electron chi connectivity index (χ4n) is 2.91. The van der Waals surface area contributed by atoms with Crippen LogP contribution in [0.5, 0.6) is 0 Å². The van der Waals surface area contributed by atoms with Gasteiger partial charge in [0.05, 0.1) is 17.0 Å². The summed E-state index contributed by atoms with van der Waals surface area (Å²) in [6.45, 7) is 2.17. The Hall–Kier alpha value is -0.900. The number of thioether (sulfide) groups is 1. The van der Waals surface area contributed by atoms with Gasteiger partial charge in [0.1, 0.15) is 0 Å². The van der Waals surface area contributed by atoms with Crippen LogP contribution in [0.2, 0.25) is 5.02 Å². The zero-order valence-corrected chi connectivity index (χ0v) is 14.1. The Morgan fingerprint density at radius 3 is 2.86 bits per heavy atom. The van der Waals surface area contributed by atoms with Crippen LogP contribution in [-0.4, -0.2) is 43.4 Å². The van der Waals surface area contributed by atoms with Crippen molar-refractivity contribution in [3.63, 3.8) is 0 Å². The van der Waals surface area contributed by atoms with Crippen molar-refractivity contribution in [1.29, 1.82) is 0 Å². The van der Waals surface area contributed by atoms with Crippen molar-refractivity contribution in [3.8, 4) is 0 Å². The van der Waals surface area contributed by atoms with E-state index in [4.69, 9.17) is 11.6 Å². The number of hydrogen-bond donors (Lipinski definition) is 0. The maximum Gasteiger partial charge on any atom is 0.0634 e. The third kappa shape index (κ3) is 3.31. The molecule has 1 aromatic rings. The minimum atomic E-state index is 0.438. The fourth-order valence-corrected chi connectivity index (χ4v) is 4.36. The van der Waals surface area contributed by atoms with Crippen molar-refractivity contribution in [2.24, 2.45) is 0 Å². The molecule has 4 heteroatoms. The van der Waals surface area contributed by atoms with Crippen molar-refractivity contribution in [1.82, 2.24) is 4.90 Å². The van der Waals surface area contributed by atoms with Gasteiger partial charge in [-0.2, -0.15) is 0 Å². The van der Waals surface area contributed by atoms with Crippen LogP contribution in [0.3, 0.4) is 0 Å². The molecule has 0 amide bonds. The summed E-state index contributed by atoms with van der Waals surface area (Å²) < 4.78 is 0. The predicted molar refractivity (Wildman–Crippen MR) is 93.7 cm³/mol. The second-order valence-corrected chi connectivity index (χ2v) is 7.46. The van der Waals surface area contributed by atoms with Crippen molar-refractivity contribution < 1.29 is 0 Å². The van der Waals surface area contributed by atoms with Crippen LogP contribution in [-0.2, 0) is 0 Å². The largest absolute Gasteiger partial charge is 0.363 e. The van der Waals surface area contributed by atoms with Crippen molar-refractivity contribution >= 4 is 29.1 Å². The van der Waals surface area contributed by atoms with E-state index in [-0.39, 0.29) is 0 Å². The van der Waals surface area contributed by atoms with Gasteiger partial charge in [0.25, 0.3) is 0 Å². The van der Waals surface area contributed by atoms with Crippen LogP contribution in [0.4, 0.5) is 5.69 Å². The molecule has 0 spiro atoms. The maximum absolute atomic E-state index is 6.23. The SMILES string of the molecule is CN(C)CCCN1c2cc(Cl)ccc2S[C@@H]2C=CC=C[C@H]21. The number of rotatable bonds is 4. The Labute approximate surface area is 136 Å². The molecule has 0 fully saturated rings. The second kappa shape index (κ2) is 6.47. The minimum absolute atomic E-state index is 0.438. The average Bonchev–Trinajstić information content (AvgIpc) is 2.46. The minimum Gasteiger partial charge on any atom is -0.363 e. The number of fused-ring (bicyclic) bond motifs is 2. The lowest BCUT2D eigenvalue weighted by Crippen LogP contribution is -2.45. The van der Waals surface area contributed by atoms with Gasteiger partial charge in [0.15, 0.2) is 0 Å². The molecule has 2 atom stereocenters. The topological polar surface area (TPSA) is 6.48 Å². The van der Waals surface area contributed by atoms with E-state index in [1.54, 1.807) is 0 Å². The highest BCUT2D eigenvalue weighted by atomic mass is 35.5. The molecule has 2 aliphatic rings. The van der Waals surface area contributed by atoms with Crippen LogP contribution in [0.15, 0.2) is 47.4 Å². The zero-order chi connectivity index (χ0) is 14.8. The van der Waals surface area contributed by atoms with E-state index in [0.717, 1.165) is 24.5 Å². The molecule has 0 saturated heterocycles. The Balaban J connectivity index is 1.88. The van der Waals surface area contributed by atoms with Gasteiger partial charge in [-0.3, -0.25) is 0 Å². The Morgan fingerprint density at radius 2 is 2.05 bits per heavy atom. The second-order valence-electron chi connectivity index (χ2n) is 5.81. The highest BCUT2D eigenvalue weighted by Gasteiger charge is 2.32. The van der Waals surface area contributed by atoms with Gasteiger partial charge in [0.2, 0.25) is 0 Å². The molecule has 1 aliphatic heterocycles. The normalized spacial score (nSPS) is 23.3. The van der Waals surface area contributed by atoms with Gasteiger partial charge in [-0.15, -0.1) is 11.8 Å². The van der Waals surface area contributed by atoms with E-state index in [0.29, 0.717) is 11.3 Å². The maximum atomic E-state index is 6.23. The van der Waals surface area contributed by atoms with Gasteiger partial charge >= 0.3 is 0 Å². The molecule has 21 heavy (non-hydrogen) atoms. The molecule has 112 valence electrons. The van der Waals surface area contributed by atoms with Crippen LogP contribution in [0.25, 0.3) is 0 Å². The Bertz CT molecular complexity index is 568. The predicted octanol–water partition coefficient (Wildman–Crippen LogP) is 4.07. The fraction of sp³-hybridized carbons (Fsp3) is 0.412. The molecule has 0 radical (unpaired) electrons. The molecule has 0 N–H and O–H groups in total. The number of benzene rings is 1. The van der Waals surface area contributed by atoms with Crippen LogP contribution < -0.4 is 4.90 Å². The van der Waals surface area contributed by atoms with Crippen LogP contribution in [0, 0.1) is 0 Å². The number of hydrogen-bond acceptors (Lipinski definition) is 3. The smallest absolute Gasteiger partial charge is 0.0634 e. The summed E-state index contributed by atoms with van der Waals surface area (Å²) in [4.78, 5) is 6.10. The first kappa shape index (κ1) is 15.0. The Morgan fingerprint density at radius 1 is 1.24 bits per heavy atom. The molecule has 0 aromatic heterocycles.